The second-order valence-corrected chi connectivity index (χ2v) is 7.92. The minimum Gasteiger partial charge on any atom is -0.491 e. The van der Waals surface area contributed by atoms with E-state index in [1.54, 1.807) is 6.07 Å². The van der Waals surface area contributed by atoms with Gasteiger partial charge in [-0.2, -0.15) is 13.2 Å². The topological polar surface area (TPSA) is 56.2 Å². The highest BCUT2D eigenvalue weighted by Gasteiger charge is 2.30. The Morgan fingerprint density at radius 1 is 1.06 bits per heavy atom. The summed E-state index contributed by atoms with van der Waals surface area (Å²) in [7, 11) is 0. The molecule has 0 bridgehead atoms. The van der Waals surface area contributed by atoms with Gasteiger partial charge >= 0.3 is 6.18 Å². The van der Waals surface area contributed by atoms with Crippen molar-refractivity contribution in [3.8, 4) is 22.7 Å². The zero-order chi connectivity index (χ0) is 23.8. The molecule has 170 valence electrons. The molecule has 4 rings (SSSR count). The predicted molar refractivity (Wildman–Crippen MR) is 122 cm³/mol. The molecule has 8 heteroatoms. The molecule has 0 saturated heterocycles. The van der Waals surface area contributed by atoms with Crippen LogP contribution in [0.4, 0.5) is 18.9 Å². The summed E-state index contributed by atoms with van der Waals surface area (Å²) in [6.07, 6.45) is -1.75. The smallest absolute Gasteiger partial charge is 0.417 e. The van der Waals surface area contributed by atoms with E-state index in [1.165, 1.54) is 13.0 Å². The van der Waals surface area contributed by atoms with Crippen molar-refractivity contribution in [2.75, 3.05) is 5.32 Å². The molecule has 4 aromatic rings. The Hall–Kier alpha value is -3.81. The number of carbonyl (C=O) groups excluding carboxylic acids is 1. The van der Waals surface area contributed by atoms with E-state index in [2.05, 4.69) is 10.3 Å². The molecule has 2 aromatic heterocycles. The molecular formula is C25H22F3N3O2. The number of aromatic nitrogens is 2. The van der Waals surface area contributed by atoms with Gasteiger partial charge < -0.3 is 14.6 Å². The Labute approximate surface area is 188 Å². The van der Waals surface area contributed by atoms with Gasteiger partial charge in [0.25, 0.3) is 0 Å². The molecule has 0 aliphatic rings. The first-order chi connectivity index (χ1) is 15.6. The standard InChI is InChI=1S/C25H22F3N3O2/c1-15(2)33-20-8-6-19(7-9-20)31-14-23(30-16(3)32)21-12-17(4-11-24(21)31)22-10-5-18(13-29-22)25(26,27)28/h4-15H,1-3H3,(H,30,32). The van der Waals surface area contributed by atoms with Crippen molar-refractivity contribution in [1.82, 2.24) is 9.55 Å². The molecule has 2 heterocycles. The van der Waals surface area contributed by atoms with Crippen LogP contribution in [0.15, 0.2) is 67.0 Å². The van der Waals surface area contributed by atoms with Crippen LogP contribution < -0.4 is 10.1 Å². The van der Waals surface area contributed by atoms with Crippen molar-refractivity contribution in [3.63, 3.8) is 0 Å². The van der Waals surface area contributed by atoms with Crippen LogP contribution >= 0.6 is 0 Å². The molecule has 0 fully saturated rings. The van der Waals surface area contributed by atoms with E-state index in [1.807, 2.05) is 61.0 Å². The van der Waals surface area contributed by atoms with Crippen molar-refractivity contribution in [3.05, 3.63) is 72.6 Å². The molecule has 0 saturated carbocycles. The van der Waals surface area contributed by atoms with Gasteiger partial charge in [-0.1, -0.05) is 6.07 Å². The molecule has 2 aromatic carbocycles. The summed E-state index contributed by atoms with van der Waals surface area (Å²) < 4.78 is 46.2. The first-order valence-electron chi connectivity index (χ1n) is 10.4. The van der Waals surface area contributed by atoms with Crippen LogP contribution in [0.25, 0.3) is 27.8 Å². The first kappa shape index (κ1) is 22.4. The van der Waals surface area contributed by atoms with Crippen LogP contribution in [0, 0.1) is 0 Å². The monoisotopic (exact) mass is 453 g/mol. The van der Waals surface area contributed by atoms with Gasteiger partial charge in [-0.25, -0.2) is 0 Å². The number of carbonyl (C=O) groups is 1. The van der Waals surface area contributed by atoms with E-state index in [0.29, 0.717) is 16.9 Å². The van der Waals surface area contributed by atoms with Gasteiger partial charge in [-0.3, -0.25) is 9.78 Å². The van der Waals surface area contributed by atoms with E-state index < -0.39 is 11.7 Å². The fourth-order valence-electron chi connectivity index (χ4n) is 3.58. The summed E-state index contributed by atoms with van der Waals surface area (Å²) in [5.74, 6) is 0.524. The molecule has 33 heavy (non-hydrogen) atoms. The lowest BCUT2D eigenvalue weighted by Crippen LogP contribution is -2.05. The Kier molecular flexibility index (Phi) is 5.84. The zero-order valence-electron chi connectivity index (χ0n) is 18.3. The fraction of sp³-hybridized carbons (Fsp3) is 0.200. The summed E-state index contributed by atoms with van der Waals surface area (Å²) in [5, 5.41) is 3.57. The van der Waals surface area contributed by atoms with Crippen LogP contribution in [0.1, 0.15) is 26.3 Å². The van der Waals surface area contributed by atoms with Gasteiger partial charge in [0, 0.05) is 36.0 Å². The normalized spacial score (nSPS) is 11.7. The number of alkyl halides is 3. The fourth-order valence-corrected chi connectivity index (χ4v) is 3.58. The van der Waals surface area contributed by atoms with Crippen molar-refractivity contribution in [2.45, 2.75) is 33.1 Å². The summed E-state index contributed by atoms with van der Waals surface area (Å²) in [4.78, 5) is 15.8. The Morgan fingerprint density at radius 3 is 2.36 bits per heavy atom. The van der Waals surface area contributed by atoms with Crippen LogP contribution in [0.2, 0.25) is 0 Å². The second-order valence-electron chi connectivity index (χ2n) is 7.92. The number of ether oxygens (including phenoxy) is 1. The number of amides is 1. The number of nitrogens with zero attached hydrogens (tertiary/aromatic N) is 2. The summed E-state index contributed by atoms with van der Waals surface area (Å²) in [6.45, 7) is 5.33. The van der Waals surface area contributed by atoms with Crippen LogP contribution in [-0.2, 0) is 11.0 Å². The zero-order valence-corrected chi connectivity index (χ0v) is 18.3. The number of hydrogen-bond donors (Lipinski definition) is 1. The van der Waals surface area contributed by atoms with E-state index in [4.69, 9.17) is 4.74 Å². The largest absolute Gasteiger partial charge is 0.491 e. The van der Waals surface area contributed by atoms with Crippen LogP contribution in [0.3, 0.4) is 0 Å². The lowest BCUT2D eigenvalue weighted by atomic mass is 10.1. The Bertz CT molecular complexity index is 1290. The minimum absolute atomic E-state index is 0.0619. The molecular weight excluding hydrogens is 431 g/mol. The quantitative estimate of drug-likeness (QED) is 0.377. The summed E-state index contributed by atoms with van der Waals surface area (Å²) in [5.41, 5.74) is 2.53. The second kappa shape index (κ2) is 8.61. The van der Waals surface area contributed by atoms with E-state index in [-0.39, 0.29) is 12.0 Å². The molecule has 1 amide bonds. The van der Waals surface area contributed by atoms with Crippen LogP contribution in [0.5, 0.6) is 5.75 Å². The number of anilines is 1. The Morgan fingerprint density at radius 2 is 1.79 bits per heavy atom. The molecule has 0 radical (unpaired) electrons. The first-order valence-corrected chi connectivity index (χ1v) is 10.4. The SMILES string of the molecule is CC(=O)Nc1cn(-c2ccc(OC(C)C)cc2)c2ccc(-c3ccc(C(F)(F)F)cn3)cc12. The van der Waals surface area contributed by atoms with Crippen molar-refractivity contribution >= 4 is 22.5 Å². The number of fused-ring (bicyclic) bond motifs is 1. The number of benzene rings is 2. The van der Waals surface area contributed by atoms with Gasteiger partial charge in [0.05, 0.1) is 28.6 Å². The van der Waals surface area contributed by atoms with Gasteiger partial charge in [0.15, 0.2) is 0 Å². The maximum atomic E-state index is 12.9. The third-order valence-corrected chi connectivity index (χ3v) is 4.99. The third-order valence-electron chi connectivity index (χ3n) is 4.99. The molecule has 0 spiro atoms. The number of nitrogens with one attached hydrogen (secondary N) is 1. The van der Waals surface area contributed by atoms with Gasteiger partial charge in [0.1, 0.15) is 5.75 Å². The molecule has 0 aliphatic carbocycles. The molecule has 0 atom stereocenters. The molecule has 1 N–H and O–H groups in total. The average molecular weight is 453 g/mol. The van der Waals surface area contributed by atoms with Crippen molar-refractivity contribution < 1.29 is 22.7 Å². The number of rotatable bonds is 5. The highest BCUT2D eigenvalue weighted by Crippen LogP contribution is 2.34. The van der Waals surface area contributed by atoms with Gasteiger partial charge in [-0.15, -0.1) is 0 Å². The minimum atomic E-state index is -4.44. The van der Waals surface area contributed by atoms with Crippen LogP contribution in [-0.4, -0.2) is 21.6 Å². The molecule has 0 unspecified atom stereocenters. The highest BCUT2D eigenvalue weighted by atomic mass is 19.4. The van der Waals surface area contributed by atoms with Crippen molar-refractivity contribution in [1.29, 1.82) is 0 Å². The number of pyridine rings is 1. The average Bonchev–Trinajstić information content (AvgIpc) is 3.10. The molecule has 0 aliphatic heterocycles. The lowest BCUT2D eigenvalue weighted by Gasteiger charge is -2.11. The lowest BCUT2D eigenvalue weighted by molar-refractivity contribution is -0.137. The van der Waals surface area contributed by atoms with Gasteiger partial charge in [0.2, 0.25) is 5.91 Å². The highest BCUT2D eigenvalue weighted by molar-refractivity contribution is 6.03. The van der Waals surface area contributed by atoms with E-state index in [0.717, 1.165) is 34.6 Å². The van der Waals surface area contributed by atoms with Crippen molar-refractivity contribution in [2.24, 2.45) is 0 Å². The Balaban J connectivity index is 1.77. The molecule has 5 nitrogen and oxygen atoms in total. The van der Waals surface area contributed by atoms with Gasteiger partial charge in [-0.05, 0) is 62.4 Å². The number of hydrogen-bond acceptors (Lipinski definition) is 3. The maximum Gasteiger partial charge on any atom is 0.417 e. The summed E-state index contributed by atoms with van der Waals surface area (Å²) in [6, 6.07) is 15.4. The van der Waals surface area contributed by atoms with E-state index in [9.17, 15) is 18.0 Å². The maximum absolute atomic E-state index is 12.9. The number of halogens is 3. The predicted octanol–water partition coefficient (Wildman–Crippen LogP) is 6.46. The van der Waals surface area contributed by atoms with E-state index >= 15 is 0 Å². The summed E-state index contributed by atoms with van der Waals surface area (Å²) >= 11 is 0. The third kappa shape index (κ3) is 4.84.